The van der Waals surface area contributed by atoms with Crippen molar-refractivity contribution in [3.8, 4) is 28.5 Å². The van der Waals surface area contributed by atoms with Crippen LogP contribution in [0.5, 0.6) is 17.2 Å². The molecule has 0 spiro atoms. The summed E-state index contributed by atoms with van der Waals surface area (Å²) in [4.78, 5) is 8.62. The number of benzene rings is 2. The van der Waals surface area contributed by atoms with Crippen molar-refractivity contribution in [2.45, 2.75) is 6.42 Å². The second-order valence-corrected chi connectivity index (χ2v) is 6.44. The second-order valence-electron chi connectivity index (χ2n) is 6.44. The van der Waals surface area contributed by atoms with E-state index in [4.69, 9.17) is 14.2 Å². The quantitative estimate of drug-likeness (QED) is 0.481. The van der Waals surface area contributed by atoms with Crippen LogP contribution in [-0.4, -0.2) is 40.9 Å². The van der Waals surface area contributed by atoms with E-state index in [-0.39, 0.29) is 6.42 Å². The number of aromatic nitrogens is 4. The van der Waals surface area contributed by atoms with Gasteiger partial charge in [0.15, 0.2) is 17.3 Å². The molecule has 0 bridgehead atoms. The number of hydrogen-bond donors (Lipinski definition) is 0. The van der Waals surface area contributed by atoms with E-state index in [2.05, 4.69) is 15.1 Å². The van der Waals surface area contributed by atoms with Crippen molar-refractivity contribution in [3.05, 3.63) is 65.6 Å². The smallest absolute Gasteiger partial charge is 0.252 e. The molecule has 4 aromatic rings. The summed E-state index contributed by atoms with van der Waals surface area (Å²) >= 11 is 0. The molecule has 0 atom stereocenters. The monoisotopic (exact) mass is 412 g/mol. The van der Waals surface area contributed by atoms with E-state index in [0.717, 1.165) is 11.6 Å². The van der Waals surface area contributed by atoms with Crippen LogP contribution in [0.4, 0.5) is 8.78 Å². The van der Waals surface area contributed by atoms with Crippen LogP contribution < -0.4 is 14.2 Å². The van der Waals surface area contributed by atoms with Gasteiger partial charge in [0.25, 0.3) is 5.78 Å². The number of fused-ring (bicyclic) bond motifs is 1. The van der Waals surface area contributed by atoms with Crippen molar-refractivity contribution < 1.29 is 23.0 Å². The second kappa shape index (κ2) is 7.94. The lowest BCUT2D eigenvalue weighted by molar-refractivity contribution is 0.324. The number of ether oxygens (including phenoxy) is 3. The molecule has 0 saturated carbocycles. The average molecular weight is 412 g/mol. The Kier molecular flexibility index (Phi) is 5.18. The van der Waals surface area contributed by atoms with Crippen molar-refractivity contribution >= 4 is 5.78 Å². The Balaban J connectivity index is 1.79. The minimum Gasteiger partial charge on any atom is -0.493 e. The minimum atomic E-state index is -0.648. The Labute approximate surface area is 170 Å². The number of rotatable bonds is 6. The summed E-state index contributed by atoms with van der Waals surface area (Å²) in [6, 6.07) is 8.68. The van der Waals surface area contributed by atoms with E-state index in [1.54, 1.807) is 28.9 Å². The van der Waals surface area contributed by atoms with Gasteiger partial charge < -0.3 is 14.2 Å². The molecule has 7 nitrogen and oxygen atoms in total. The highest BCUT2D eigenvalue weighted by atomic mass is 19.1. The van der Waals surface area contributed by atoms with E-state index >= 15 is 0 Å². The molecule has 154 valence electrons. The van der Waals surface area contributed by atoms with Crippen LogP contribution in [0.3, 0.4) is 0 Å². The van der Waals surface area contributed by atoms with Gasteiger partial charge in [-0.3, -0.25) is 0 Å². The summed E-state index contributed by atoms with van der Waals surface area (Å²) in [6.07, 6.45) is 1.76. The number of hydrogen-bond acceptors (Lipinski definition) is 6. The first-order valence-electron chi connectivity index (χ1n) is 8.98. The van der Waals surface area contributed by atoms with Gasteiger partial charge in [-0.1, -0.05) is 0 Å². The Morgan fingerprint density at radius 1 is 0.900 bits per heavy atom. The molecule has 2 aromatic carbocycles. The summed E-state index contributed by atoms with van der Waals surface area (Å²) in [5.74, 6) is 0.900. The van der Waals surface area contributed by atoms with Crippen LogP contribution in [0.25, 0.3) is 17.0 Å². The van der Waals surface area contributed by atoms with Crippen molar-refractivity contribution in [2.24, 2.45) is 0 Å². The lowest BCUT2D eigenvalue weighted by Crippen LogP contribution is -2.00. The maximum absolute atomic E-state index is 13.5. The fourth-order valence-electron chi connectivity index (χ4n) is 3.25. The topological polar surface area (TPSA) is 70.8 Å². The van der Waals surface area contributed by atoms with Gasteiger partial charge in [-0.25, -0.2) is 13.8 Å². The van der Waals surface area contributed by atoms with Crippen LogP contribution in [0.1, 0.15) is 11.4 Å². The van der Waals surface area contributed by atoms with E-state index in [1.807, 2.05) is 0 Å². The highest BCUT2D eigenvalue weighted by Crippen LogP contribution is 2.41. The van der Waals surface area contributed by atoms with Gasteiger partial charge in [0.1, 0.15) is 11.6 Å². The first kappa shape index (κ1) is 19.6. The first-order valence-corrected chi connectivity index (χ1v) is 8.98. The summed E-state index contributed by atoms with van der Waals surface area (Å²) in [7, 11) is 4.60. The zero-order valence-corrected chi connectivity index (χ0v) is 16.5. The van der Waals surface area contributed by atoms with E-state index in [0.29, 0.717) is 40.1 Å². The van der Waals surface area contributed by atoms with Crippen molar-refractivity contribution in [2.75, 3.05) is 21.3 Å². The third-order valence-electron chi connectivity index (χ3n) is 4.53. The SMILES string of the molecule is COc1cc(-c2ccnc3nc(Cc4cc(F)cc(F)c4)nn23)cc(OC)c1OC. The molecule has 0 N–H and O–H groups in total. The molecule has 0 saturated heterocycles. The number of nitrogens with zero attached hydrogens (tertiary/aromatic N) is 4. The Bertz CT molecular complexity index is 1180. The zero-order valence-electron chi connectivity index (χ0n) is 16.5. The average Bonchev–Trinajstić information content (AvgIpc) is 3.14. The Morgan fingerprint density at radius 3 is 2.17 bits per heavy atom. The van der Waals surface area contributed by atoms with Gasteiger partial charge in [0.2, 0.25) is 5.75 Å². The molecule has 0 unspecified atom stereocenters. The first-order chi connectivity index (χ1) is 14.5. The highest BCUT2D eigenvalue weighted by Gasteiger charge is 2.17. The van der Waals surface area contributed by atoms with Crippen molar-refractivity contribution in [1.29, 1.82) is 0 Å². The van der Waals surface area contributed by atoms with Crippen LogP contribution in [-0.2, 0) is 6.42 Å². The van der Waals surface area contributed by atoms with Gasteiger partial charge in [-0.15, -0.1) is 5.10 Å². The molecule has 2 aromatic heterocycles. The normalized spacial score (nSPS) is 11.0. The van der Waals surface area contributed by atoms with Gasteiger partial charge >= 0.3 is 0 Å². The van der Waals surface area contributed by atoms with Crippen LogP contribution in [0.15, 0.2) is 42.6 Å². The Hall–Kier alpha value is -3.75. The highest BCUT2D eigenvalue weighted by molar-refractivity contribution is 5.69. The molecule has 0 amide bonds. The van der Waals surface area contributed by atoms with Gasteiger partial charge in [-0.2, -0.15) is 9.50 Å². The van der Waals surface area contributed by atoms with Crippen LogP contribution in [0.2, 0.25) is 0 Å². The molecule has 0 aliphatic heterocycles. The molecule has 30 heavy (non-hydrogen) atoms. The maximum Gasteiger partial charge on any atom is 0.252 e. The lowest BCUT2D eigenvalue weighted by atomic mass is 10.1. The van der Waals surface area contributed by atoms with Crippen molar-refractivity contribution in [1.82, 2.24) is 19.6 Å². The zero-order chi connectivity index (χ0) is 21.3. The summed E-state index contributed by atoms with van der Waals surface area (Å²) in [6.45, 7) is 0. The predicted octanol–water partition coefficient (Wildman–Crippen LogP) is 3.69. The summed E-state index contributed by atoms with van der Waals surface area (Å²) in [5.41, 5.74) is 1.85. The summed E-state index contributed by atoms with van der Waals surface area (Å²) in [5, 5.41) is 4.48. The number of methoxy groups -OCH3 is 3. The fraction of sp³-hybridized carbons (Fsp3) is 0.190. The summed E-state index contributed by atoms with van der Waals surface area (Å²) < 4.78 is 44.8. The van der Waals surface area contributed by atoms with E-state index in [9.17, 15) is 8.78 Å². The molecule has 9 heteroatoms. The molecule has 2 heterocycles. The standard InChI is InChI=1S/C21H18F2N4O3/c1-28-17-9-13(10-18(29-2)20(17)30-3)16-4-5-24-21-25-19(26-27(16)21)8-12-6-14(22)11-15(23)7-12/h4-7,9-11H,8H2,1-3H3. The molecular weight excluding hydrogens is 394 g/mol. The molecular formula is C21H18F2N4O3. The largest absolute Gasteiger partial charge is 0.493 e. The molecule has 0 aliphatic carbocycles. The van der Waals surface area contributed by atoms with Crippen LogP contribution >= 0.6 is 0 Å². The van der Waals surface area contributed by atoms with Crippen LogP contribution in [0, 0.1) is 11.6 Å². The third kappa shape index (κ3) is 3.61. The van der Waals surface area contributed by atoms with Gasteiger partial charge in [-0.05, 0) is 35.9 Å². The molecule has 0 aliphatic rings. The maximum atomic E-state index is 13.5. The minimum absolute atomic E-state index is 0.159. The third-order valence-corrected chi connectivity index (χ3v) is 4.53. The van der Waals surface area contributed by atoms with E-state index < -0.39 is 11.6 Å². The van der Waals surface area contributed by atoms with Gasteiger partial charge in [0, 0.05) is 24.2 Å². The van der Waals surface area contributed by atoms with Gasteiger partial charge in [0.05, 0.1) is 27.0 Å². The fourth-order valence-corrected chi connectivity index (χ4v) is 3.25. The number of halogens is 2. The van der Waals surface area contributed by atoms with Crippen molar-refractivity contribution in [3.63, 3.8) is 0 Å². The van der Waals surface area contributed by atoms with E-state index in [1.165, 1.54) is 33.5 Å². The Morgan fingerprint density at radius 2 is 1.57 bits per heavy atom. The predicted molar refractivity (Wildman–Crippen MR) is 105 cm³/mol. The molecule has 0 fully saturated rings. The molecule has 4 rings (SSSR count). The lowest BCUT2D eigenvalue weighted by Gasteiger charge is -2.14. The molecule has 0 radical (unpaired) electrons.